The van der Waals surface area contributed by atoms with Gasteiger partial charge in [0, 0.05) is 19.3 Å². The normalized spacial score (nSPS) is 21.5. The van der Waals surface area contributed by atoms with Gasteiger partial charge in [0.05, 0.1) is 6.10 Å². The van der Waals surface area contributed by atoms with Crippen LogP contribution in [0.15, 0.2) is 18.8 Å². The Labute approximate surface area is 101 Å². The summed E-state index contributed by atoms with van der Waals surface area (Å²) in [6, 6.07) is 1.85. The van der Waals surface area contributed by atoms with Gasteiger partial charge in [-0.05, 0) is 18.6 Å². The molecule has 1 saturated heterocycles. The Balaban J connectivity index is 2.01. The summed E-state index contributed by atoms with van der Waals surface area (Å²) in [7, 11) is -1.78. The molecule has 0 bridgehead atoms. The van der Waals surface area contributed by atoms with E-state index in [4.69, 9.17) is 14.9 Å². The van der Waals surface area contributed by atoms with Crippen molar-refractivity contribution in [3.63, 3.8) is 0 Å². The van der Waals surface area contributed by atoms with Crippen LogP contribution in [0.4, 0.5) is 5.82 Å². The Hall–Kier alpha value is -1.07. The molecule has 1 fully saturated rings. The van der Waals surface area contributed by atoms with E-state index in [0.717, 1.165) is 18.8 Å². The van der Waals surface area contributed by atoms with Gasteiger partial charge in [-0.3, -0.25) is 5.50 Å². The Morgan fingerprint density at radius 2 is 2.53 bits per heavy atom. The number of hydrogen-bond acceptors (Lipinski definition) is 6. The molecule has 7 heteroatoms. The molecule has 1 aliphatic heterocycles. The summed E-state index contributed by atoms with van der Waals surface area (Å²) in [4.78, 5) is 19.5. The first-order valence-electron chi connectivity index (χ1n) is 5.30. The zero-order valence-corrected chi connectivity index (χ0v) is 10.3. The summed E-state index contributed by atoms with van der Waals surface area (Å²) in [6.07, 6.45) is 4.12. The number of rotatable bonds is 4. The number of aromatic nitrogens is 2. The fraction of sp³-hybridized carbons (Fsp3) is 0.400. The van der Waals surface area contributed by atoms with E-state index < -0.39 is 8.53 Å². The average molecular weight is 254 g/mol. The zero-order chi connectivity index (χ0) is 12.3. The first kappa shape index (κ1) is 12.4. The summed E-state index contributed by atoms with van der Waals surface area (Å²) in [5, 5.41) is 0. The van der Waals surface area contributed by atoms with Crippen molar-refractivity contribution in [1.82, 2.24) is 9.97 Å². The van der Waals surface area contributed by atoms with Crippen molar-refractivity contribution in [2.45, 2.75) is 12.5 Å². The highest BCUT2D eigenvalue weighted by Gasteiger charge is 2.25. The average Bonchev–Trinajstić information content (AvgIpc) is 2.77. The quantitative estimate of drug-likeness (QED) is 0.776. The van der Waals surface area contributed by atoms with Gasteiger partial charge in [0.2, 0.25) is 8.53 Å². The lowest BCUT2D eigenvalue weighted by atomic mass is 10.3. The van der Waals surface area contributed by atoms with Gasteiger partial charge in [0.15, 0.2) is 5.82 Å². The molecule has 1 aromatic rings. The lowest BCUT2D eigenvalue weighted by Crippen LogP contribution is -2.23. The first-order chi connectivity index (χ1) is 8.19. The molecule has 0 spiro atoms. The third-order valence-electron chi connectivity index (χ3n) is 2.57. The molecule has 1 aromatic heterocycles. The molecule has 92 valence electrons. The minimum absolute atomic E-state index is 0.0294. The van der Waals surface area contributed by atoms with Gasteiger partial charge >= 0.3 is 0 Å². The smallest absolute Gasteiger partial charge is 0.250 e. The minimum atomic E-state index is -1.78. The number of nitrogens with two attached hydrogens (primary N) is 1. The van der Waals surface area contributed by atoms with E-state index in [1.807, 2.05) is 6.07 Å². The van der Waals surface area contributed by atoms with E-state index in [0.29, 0.717) is 12.4 Å². The molecule has 2 heterocycles. The number of hydrogen-bond donors (Lipinski definition) is 2. The van der Waals surface area contributed by atoms with E-state index in [9.17, 15) is 0 Å². The Kier molecular flexibility index (Phi) is 4.02. The van der Waals surface area contributed by atoms with Crippen molar-refractivity contribution >= 4 is 20.4 Å². The zero-order valence-electron chi connectivity index (χ0n) is 9.36. The molecular formula is C10H15N4O2P. The van der Waals surface area contributed by atoms with Crippen molar-refractivity contribution in [3.05, 3.63) is 24.7 Å². The topological polar surface area (TPSA) is 84.5 Å². The first-order valence-corrected chi connectivity index (χ1v) is 6.58. The molecule has 0 saturated carbocycles. The lowest BCUT2D eigenvalue weighted by Gasteiger charge is -2.17. The van der Waals surface area contributed by atoms with E-state index in [1.165, 1.54) is 0 Å². The van der Waals surface area contributed by atoms with Crippen molar-refractivity contribution in [2.24, 2.45) is 5.50 Å². The van der Waals surface area contributed by atoms with E-state index >= 15 is 0 Å². The van der Waals surface area contributed by atoms with Crippen LogP contribution in [0, 0.1) is 0 Å². The van der Waals surface area contributed by atoms with Gasteiger partial charge in [-0.2, -0.15) is 0 Å². The predicted octanol–water partition coefficient (Wildman–Crippen LogP) is 0.893. The molecule has 17 heavy (non-hydrogen) atoms. The van der Waals surface area contributed by atoms with E-state index in [2.05, 4.69) is 21.4 Å². The second-order valence-electron chi connectivity index (χ2n) is 3.74. The van der Waals surface area contributed by atoms with E-state index in [1.54, 1.807) is 12.3 Å². The van der Waals surface area contributed by atoms with Gasteiger partial charge in [-0.25, -0.2) is 9.97 Å². The summed E-state index contributed by atoms with van der Waals surface area (Å²) in [5.74, 6) is 1.45. The van der Waals surface area contributed by atoms with Gasteiger partial charge in [0.1, 0.15) is 5.82 Å². The molecule has 0 amide bonds. The highest BCUT2D eigenvalue weighted by molar-refractivity contribution is 7.43. The Morgan fingerprint density at radius 1 is 1.71 bits per heavy atom. The SMILES string of the molecule is C=Cc1nccc(N2CCC(OP(N)O)C2)n1. The second-order valence-corrected chi connectivity index (χ2v) is 4.56. The van der Waals surface area contributed by atoms with Gasteiger partial charge in [-0.1, -0.05) is 6.58 Å². The molecule has 2 rings (SSSR count). The highest BCUT2D eigenvalue weighted by atomic mass is 31.2. The van der Waals surface area contributed by atoms with Crippen LogP contribution in [-0.2, 0) is 4.52 Å². The van der Waals surface area contributed by atoms with Crippen LogP contribution in [0.3, 0.4) is 0 Å². The molecule has 3 N–H and O–H groups in total. The molecule has 0 radical (unpaired) electrons. The molecule has 1 aliphatic rings. The summed E-state index contributed by atoms with van der Waals surface area (Å²) in [5.41, 5.74) is 5.24. The molecule has 0 aromatic carbocycles. The van der Waals surface area contributed by atoms with Crippen LogP contribution < -0.4 is 10.4 Å². The number of anilines is 1. The van der Waals surface area contributed by atoms with Crippen molar-refractivity contribution in [3.8, 4) is 0 Å². The fourth-order valence-electron chi connectivity index (χ4n) is 1.81. The fourth-order valence-corrected chi connectivity index (χ4v) is 2.29. The molecule has 0 aliphatic carbocycles. The van der Waals surface area contributed by atoms with Gasteiger partial charge in [0.25, 0.3) is 0 Å². The van der Waals surface area contributed by atoms with Crippen LogP contribution in [-0.4, -0.2) is 34.1 Å². The van der Waals surface area contributed by atoms with Gasteiger partial charge < -0.3 is 14.3 Å². The van der Waals surface area contributed by atoms with Crippen LogP contribution in [0.2, 0.25) is 0 Å². The van der Waals surface area contributed by atoms with E-state index in [-0.39, 0.29) is 6.10 Å². The second kappa shape index (κ2) is 5.51. The van der Waals surface area contributed by atoms with Crippen LogP contribution in [0.1, 0.15) is 12.2 Å². The monoisotopic (exact) mass is 254 g/mol. The molecular weight excluding hydrogens is 239 g/mol. The van der Waals surface area contributed by atoms with Crippen LogP contribution >= 0.6 is 8.53 Å². The Bertz CT molecular complexity index is 402. The van der Waals surface area contributed by atoms with Crippen LogP contribution in [0.5, 0.6) is 0 Å². The standard InChI is InChI=1S/C10H15N4O2P/c1-2-9-12-5-3-10(13-9)14-6-4-8(7-14)16-17(11)15/h2-3,5,8,15H,1,4,6-7,11H2. The highest BCUT2D eigenvalue weighted by Crippen LogP contribution is 2.28. The summed E-state index contributed by atoms with van der Waals surface area (Å²) in [6.45, 7) is 5.16. The van der Waals surface area contributed by atoms with Crippen LogP contribution in [0.25, 0.3) is 6.08 Å². The summed E-state index contributed by atoms with van der Waals surface area (Å²) >= 11 is 0. The van der Waals surface area contributed by atoms with Crippen molar-refractivity contribution in [2.75, 3.05) is 18.0 Å². The lowest BCUT2D eigenvalue weighted by molar-refractivity contribution is 0.224. The van der Waals surface area contributed by atoms with Crippen molar-refractivity contribution in [1.29, 1.82) is 0 Å². The molecule has 2 unspecified atom stereocenters. The predicted molar refractivity (Wildman–Crippen MR) is 67.2 cm³/mol. The maximum Gasteiger partial charge on any atom is 0.250 e. The maximum atomic E-state index is 9.01. The summed E-state index contributed by atoms with van der Waals surface area (Å²) < 4.78 is 5.21. The maximum absolute atomic E-state index is 9.01. The Morgan fingerprint density at radius 3 is 3.24 bits per heavy atom. The third kappa shape index (κ3) is 3.20. The van der Waals surface area contributed by atoms with Gasteiger partial charge in [-0.15, -0.1) is 0 Å². The number of nitrogens with zero attached hydrogens (tertiary/aromatic N) is 3. The molecule has 6 nitrogen and oxygen atoms in total. The largest absolute Gasteiger partial charge is 0.354 e. The minimum Gasteiger partial charge on any atom is -0.354 e. The van der Waals surface area contributed by atoms with Crippen molar-refractivity contribution < 1.29 is 9.42 Å². The third-order valence-corrected chi connectivity index (χ3v) is 3.08. The molecule has 2 atom stereocenters.